The first kappa shape index (κ1) is 22.9. The minimum atomic E-state index is -0.925. The summed E-state index contributed by atoms with van der Waals surface area (Å²) in [5.41, 5.74) is 4.81. The standard InChI is InChI=1S/C28H31N5O2/c1-18-14-20-12-8-9-13-23(20)33(18)26-30-22-17-32(27(34)35)16-21(28(2,3)4)24(22)25(31-26)29-15-19-10-6-5-7-11-19/h5-14,21H,15-17H2,1-4H3,(H,34,35)(H,29,30,31). The molecule has 2 N–H and O–H groups in total. The van der Waals surface area contributed by atoms with Gasteiger partial charge < -0.3 is 15.3 Å². The average Bonchev–Trinajstić information content (AvgIpc) is 3.17. The largest absolute Gasteiger partial charge is 0.465 e. The third-order valence-corrected chi connectivity index (χ3v) is 6.82. The topological polar surface area (TPSA) is 83.3 Å². The Morgan fingerprint density at radius 3 is 2.51 bits per heavy atom. The van der Waals surface area contributed by atoms with Crippen molar-refractivity contribution in [2.45, 2.75) is 46.7 Å². The molecule has 4 aromatic rings. The van der Waals surface area contributed by atoms with E-state index in [1.165, 1.54) is 4.90 Å². The van der Waals surface area contributed by atoms with Gasteiger partial charge in [-0.05, 0) is 30.0 Å². The highest BCUT2D eigenvalue weighted by Crippen LogP contribution is 2.43. The summed E-state index contributed by atoms with van der Waals surface area (Å²) in [4.78, 5) is 23.6. The lowest BCUT2D eigenvalue weighted by molar-refractivity contribution is 0.120. The number of rotatable bonds is 4. The highest BCUT2D eigenvalue weighted by atomic mass is 16.4. The number of nitrogens with zero attached hydrogens (tertiary/aromatic N) is 4. The summed E-state index contributed by atoms with van der Waals surface area (Å²) in [5, 5.41) is 14.6. The number of anilines is 1. The Kier molecular flexibility index (Phi) is 5.71. The molecule has 0 spiro atoms. The maximum Gasteiger partial charge on any atom is 0.407 e. The molecule has 0 bridgehead atoms. The number of benzene rings is 2. The van der Waals surface area contributed by atoms with Gasteiger partial charge in [0.25, 0.3) is 0 Å². The van der Waals surface area contributed by atoms with Gasteiger partial charge >= 0.3 is 6.09 Å². The second-order valence-corrected chi connectivity index (χ2v) is 10.3. The summed E-state index contributed by atoms with van der Waals surface area (Å²) in [6, 6.07) is 20.5. The van der Waals surface area contributed by atoms with Crippen LogP contribution >= 0.6 is 0 Å². The number of para-hydroxylation sites is 1. The quantitative estimate of drug-likeness (QED) is 0.385. The van der Waals surface area contributed by atoms with E-state index in [4.69, 9.17) is 9.97 Å². The van der Waals surface area contributed by atoms with Crippen LogP contribution in [0.2, 0.25) is 0 Å². The summed E-state index contributed by atoms with van der Waals surface area (Å²) in [6.45, 7) is 9.75. The molecule has 180 valence electrons. The monoisotopic (exact) mass is 469 g/mol. The molecule has 2 aromatic carbocycles. The molecule has 1 atom stereocenters. The molecule has 0 fully saturated rings. The second kappa shape index (κ2) is 8.73. The van der Waals surface area contributed by atoms with Crippen LogP contribution in [-0.4, -0.2) is 37.2 Å². The van der Waals surface area contributed by atoms with Crippen LogP contribution in [0.3, 0.4) is 0 Å². The zero-order valence-corrected chi connectivity index (χ0v) is 20.6. The van der Waals surface area contributed by atoms with Crippen LogP contribution in [0.5, 0.6) is 0 Å². The molecule has 35 heavy (non-hydrogen) atoms. The smallest absolute Gasteiger partial charge is 0.407 e. The SMILES string of the molecule is Cc1cc2ccccc2n1-c1nc2c(c(NCc3ccccc3)n1)C(C(C)(C)C)CN(C(=O)O)C2. The van der Waals surface area contributed by atoms with Gasteiger partial charge in [-0.15, -0.1) is 0 Å². The number of hydrogen-bond donors (Lipinski definition) is 2. The molecule has 1 aliphatic rings. The number of aryl methyl sites for hydroxylation is 1. The van der Waals surface area contributed by atoms with E-state index in [2.05, 4.69) is 61.0 Å². The fourth-order valence-corrected chi connectivity index (χ4v) is 4.97. The highest BCUT2D eigenvalue weighted by molar-refractivity contribution is 5.82. The van der Waals surface area contributed by atoms with Crippen LogP contribution in [0.4, 0.5) is 10.6 Å². The molecule has 2 aromatic heterocycles. The number of carboxylic acid groups (broad SMARTS) is 1. The van der Waals surface area contributed by atoms with E-state index in [9.17, 15) is 9.90 Å². The minimum absolute atomic E-state index is 0.0443. The summed E-state index contributed by atoms with van der Waals surface area (Å²) in [6.07, 6.45) is -0.925. The van der Waals surface area contributed by atoms with Gasteiger partial charge in [-0.2, -0.15) is 4.98 Å². The molecule has 7 nitrogen and oxygen atoms in total. The Hall–Kier alpha value is -3.87. The van der Waals surface area contributed by atoms with Gasteiger partial charge in [-0.25, -0.2) is 9.78 Å². The average molecular weight is 470 g/mol. The molecule has 1 amide bonds. The molecule has 5 rings (SSSR count). The summed E-state index contributed by atoms with van der Waals surface area (Å²) in [7, 11) is 0. The number of aromatic nitrogens is 3. The lowest BCUT2D eigenvalue weighted by atomic mass is 9.74. The predicted octanol–water partition coefficient (Wildman–Crippen LogP) is 5.96. The van der Waals surface area contributed by atoms with E-state index in [1.807, 2.05) is 37.3 Å². The number of amides is 1. The van der Waals surface area contributed by atoms with Gasteiger partial charge in [0.1, 0.15) is 5.82 Å². The lowest BCUT2D eigenvalue weighted by Gasteiger charge is -2.40. The lowest BCUT2D eigenvalue weighted by Crippen LogP contribution is -2.42. The zero-order chi connectivity index (χ0) is 24.7. The third-order valence-electron chi connectivity index (χ3n) is 6.82. The van der Waals surface area contributed by atoms with Crippen molar-refractivity contribution >= 4 is 22.8 Å². The Morgan fingerprint density at radius 1 is 1.09 bits per heavy atom. The highest BCUT2D eigenvalue weighted by Gasteiger charge is 2.39. The molecular formula is C28H31N5O2. The number of carbonyl (C=O) groups is 1. The van der Waals surface area contributed by atoms with E-state index in [0.717, 1.165) is 39.2 Å². The van der Waals surface area contributed by atoms with Crippen molar-refractivity contribution in [3.8, 4) is 5.95 Å². The van der Waals surface area contributed by atoms with Gasteiger partial charge in [0, 0.05) is 35.7 Å². The van der Waals surface area contributed by atoms with Crippen LogP contribution in [-0.2, 0) is 13.1 Å². The minimum Gasteiger partial charge on any atom is -0.465 e. The molecule has 3 heterocycles. The molecular weight excluding hydrogens is 438 g/mol. The molecule has 0 radical (unpaired) electrons. The maximum absolute atomic E-state index is 12.0. The van der Waals surface area contributed by atoms with E-state index < -0.39 is 6.09 Å². The van der Waals surface area contributed by atoms with Gasteiger partial charge in [0.15, 0.2) is 0 Å². The van der Waals surface area contributed by atoms with Gasteiger partial charge in [0.05, 0.1) is 17.8 Å². The van der Waals surface area contributed by atoms with E-state index in [0.29, 0.717) is 19.0 Å². The fourth-order valence-electron chi connectivity index (χ4n) is 4.97. The maximum atomic E-state index is 12.0. The van der Waals surface area contributed by atoms with Crippen molar-refractivity contribution in [3.63, 3.8) is 0 Å². The molecule has 1 unspecified atom stereocenters. The molecule has 7 heteroatoms. The van der Waals surface area contributed by atoms with Crippen LogP contribution in [0, 0.1) is 12.3 Å². The molecule has 0 saturated heterocycles. The summed E-state index contributed by atoms with van der Waals surface area (Å²) >= 11 is 0. The Bertz CT molecular complexity index is 1390. The van der Waals surface area contributed by atoms with Crippen molar-refractivity contribution in [1.82, 2.24) is 19.4 Å². The first-order valence-corrected chi connectivity index (χ1v) is 12.0. The number of hydrogen-bond acceptors (Lipinski definition) is 4. The normalized spacial score (nSPS) is 15.8. The summed E-state index contributed by atoms with van der Waals surface area (Å²) in [5.74, 6) is 1.28. The van der Waals surface area contributed by atoms with Crippen molar-refractivity contribution in [3.05, 3.63) is 83.2 Å². The van der Waals surface area contributed by atoms with Crippen LogP contribution in [0.15, 0.2) is 60.7 Å². The van der Waals surface area contributed by atoms with Crippen LogP contribution in [0.1, 0.15) is 49.2 Å². The molecule has 1 aliphatic heterocycles. The number of fused-ring (bicyclic) bond motifs is 2. The van der Waals surface area contributed by atoms with E-state index >= 15 is 0 Å². The van der Waals surface area contributed by atoms with E-state index in [-0.39, 0.29) is 17.9 Å². The Balaban J connectivity index is 1.69. The predicted molar refractivity (Wildman–Crippen MR) is 138 cm³/mol. The second-order valence-electron chi connectivity index (χ2n) is 10.3. The zero-order valence-electron chi connectivity index (χ0n) is 20.6. The van der Waals surface area contributed by atoms with Crippen molar-refractivity contribution < 1.29 is 9.90 Å². The van der Waals surface area contributed by atoms with Crippen molar-refractivity contribution in [1.29, 1.82) is 0 Å². The van der Waals surface area contributed by atoms with Crippen molar-refractivity contribution in [2.75, 3.05) is 11.9 Å². The van der Waals surface area contributed by atoms with Gasteiger partial charge in [-0.1, -0.05) is 69.3 Å². The summed E-state index contributed by atoms with van der Waals surface area (Å²) < 4.78 is 2.05. The Morgan fingerprint density at radius 2 is 1.80 bits per heavy atom. The van der Waals surface area contributed by atoms with E-state index in [1.54, 1.807) is 0 Å². The van der Waals surface area contributed by atoms with Crippen LogP contribution in [0.25, 0.3) is 16.9 Å². The number of nitrogens with one attached hydrogen (secondary N) is 1. The first-order valence-electron chi connectivity index (χ1n) is 12.0. The van der Waals surface area contributed by atoms with Gasteiger partial charge in [0.2, 0.25) is 5.95 Å². The molecule has 0 aliphatic carbocycles. The third kappa shape index (κ3) is 4.34. The Labute approximate surface area is 205 Å². The fraction of sp³-hybridized carbons (Fsp3) is 0.321. The van der Waals surface area contributed by atoms with Gasteiger partial charge in [-0.3, -0.25) is 4.57 Å². The van der Waals surface area contributed by atoms with Crippen molar-refractivity contribution in [2.24, 2.45) is 5.41 Å². The van der Waals surface area contributed by atoms with Crippen LogP contribution < -0.4 is 5.32 Å². The first-order chi connectivity index (χ1) is 16.7. The molecule has 0 saturated carbocycles.